The molecule has 2 aliphatic carbocycles. The molecule has 1 N–H and O–H groups in total. The monoisotopic (exact) mass is 423 g/mol. The number of hydrogen-bond acceptors (Lipinski definition) is 3. The fourth-order valence-electron chi connectivity index (χ4n) is 3.30. The smallest absolute Gasteiger partial charge is 0.261 e. The highest BCUT2D eigenvalue weighted by atomic mass is 35.5. The number of nitrogens with one attached hydrogen (secondary N) is 1. The summed E-state index contributed by atoms with van der Waals surface area (Å²) >= 11 is 6.34. The predicted octanol–water partition coefficient (Wildman–Crippen LogP) is 5.92. The highest BCUT2D eigenvalue weighted by Gasteiger charge is 2.22. The normalized spacial score (nSPS) is 11.4. The van der Waals surface area contributed by atoms with Crippen LogP contribution < -0.4 is 9.46 Å². The fourth-order valence-corrected chi connectivity index (χ4v) is 4.65. The van der Waals surface area contributed by atoms with Crippen molar-refractivity contribution in [2.45, 2.75) is 4.90 Å². The van der Waals surface area contributed by atoms with Crippen molar-refractivity contribution in [3.05, 3.63) is 90.0 Å². The molecule has 2 aliphatic rings. The van der Waals surface area contributed by atoms with E-state index in [9.17, 15) is 8.42 Å². The zero-order valence-electron chi connectivity index (χ0n) is 15.6. The van der Waals surface area contributed by atoms with E-state index in [0.717, 1.165) is 22.3 Å². The zero-order valence-corrected chi connectivity index (χ0v) is 17.2. The van der Waals surface area contributed by atoms with Crippen molar-refractivity contribution in [3.8, 4) is 28.0 Å². The number of methoxy groups -OCH3 is 1. The van der Waals surface area contributed by atoms with Crippen molar-refractivity contribution >= 4 is 27.3 Å². The van der Waals surface area contributed by atoms with Crippen LogP contribution in [0.15, 0.2) is 89.8 Å². The van der Waals surface area contributed by atoms with Gasteiger partial charge in [-0.15, -0.1) is 0 Å². The van der Waals surface area contributed by atoms with Crippen LogP contribution in [-0.4, -0.2) is 15.5 Å². The number of benzene rings is 2. The second-order valence-corrected chi connectivity index (χ2v) is 8.57. The average molecular weight is 424 g/mol. The van der Waals surface area contributed by atoms with Crippen LogP contribution in [0.5, 0.6) is 5.75 Å². The molecule has 0 fully saturated rings. The van der Waals surface area contributed by atoms with Crippen molar-refractivity contribution < 1.29 is 13.2 Å². The third kappa shape index (κ3) is 3.79. The van der Waals surface area contributed by atoms with E-state index in [1.807, 2.05) is 42.5 Å². The quantitative estimate of drug-likeness (QED) is 0.433. The Hall–Kier alpha value is -3.02. The summed E-state index contributed by atoms with van der Waals surface area (Å²) in [6.07, 6.45) is 0. The molecule has 0 radical (unpaired) electrons. The molecule has 4 nitrogen and oxygen atoms in total. The van der Waals surface area contributed by atoms with Crippen molar-refractivity contribution in [2.24, 2.45) is 0 Å². The van der Waals surface area contributed by atoms with Gasteiger partial charge in [0.15, 0.2) is 0 Å². The lowest BCUT2D eigenvalue weighted by atomic mass is 10.0. The van der Waals surface area contributed by atoms with Crippen molar-refractivity contribution in [2.75, 3.05) is 11.8 Å². The number of halogens is 1. The van der Waals surface area contributed by atoms with Crippen molar-refractivity contribution in [1.82, 2.24) is 0 Å². The van der Waals surface area contributed by atoms with Gasteiger partial charge in [-0.25, -0.2) is 8.42 Å². The first kappa shape index (κ1) is 19.3. The van der Waals surface area contributed by atoms with E-state index in [4.69, 9.17) is 16.3 Å². The summed E-state index contributed by atoms with van der Waals surface area (Å²) in [6.45, 7) is 0. The van der Waals surface area contributed by atoms with Crippen LogP contribution in [0.25, 0.3) is 22.3 Å². The lowest BCUT2D eigenvalue weighted by Crippen LogP contribution is -2.12. The number of ether oxygens (including phenoxy) is 1. The topological polar surface area (TPSA) is 55.4 Å². The lowest BCUT2D eigenvalue weighted by molar-refractivity contribution is 0.415. The Balaban J connectivity index is 1.89. The molecule has 0 aromatic heterocycles. The van der Waals surface area contributed by atoms with Crippen LogP contribution in [0, 0.1) is 0 Å². The lowest BCUT2D eigenvalue weighted by Gasteiger charge is -2.12. The molecular formula is C23H18ClNO3S. The standard InChI is InChI=1S/C23H18ClNO3S/c1-28-22-13-12-17(14-20(22)24)23-19-11-7-2-4-8-16(19)15-21(23)25-29(26,27)18-9-5-3-6-10-18/h2-15,25H,1H3. The van der Waals surface area contributed by atoms with Crippen LogP contribution in [0.4, 0.5) is 5.69 Å². The third-order valence-corrected chi connectivity index (χ3v) is 6.33. The first-order valence-corrected chi connectivity index (χ1v) is 10.8. The summed E-state index contributed by atoms with van der Waals surface area (Å²) in [5, 5.41) is 0.455. The minimum absolute atomic E-state index is 0.203. The van der Waals surface area contributed by atoms with Gasteiger partial charge in [-0.05, 0) is 47.0 Å². The Morgan fingerprint density at radius 1 is 0.828 bits per heavy atom. The molecule has 0 bridgehead atoms. The number of rotatable bonds is 5. The minimum Gasteiger partial charge on any atom is -0.495 e. The molecule has 0 saturated carbocycles. The van der Waals surface area contributed by atoms with Gasteiger partial charge in [0.25, 0.3) is 10.0 Å². The summed E-state index contributed by atoms with van der Waals surface area (Å²) in [7, 11) is -2.19. The fraction of sp³-hybridized carbons (Fsp3) is 0.0435. The van der Waals surface area contributed by atoms with Gasteiger partial charge in [0.1, 0.15) is 5.75 Å². The molecule has 2 aromatic rings. The second kappa shape index (κ2) is 7.78. The van der Waals surface area contributed by atoms with Crippen molar-refractivity contribution in [1.29, 1.82) is 0 Å². The van der Waals surface area contributed by atoms with E-state index in [0.29, 0.717) is 16.5 Å². The van der Waals surface area contributed by atoms with E-state index in [2.05, 4.69) is 4.72 Å². The van der Waals surface area contributed by atoms with Gasteiger partial charge in [-0.1, -0.05) is 66.2 Å². The van der Waals surface area contributed by atoms with E-state index >= 15 is 0 Å². The maximum atomic E-state index is 12.9. The summed E-state index contributed by atoms with van der Waals surface area (Å²) in [6, 6.07) is 25.2. The number of fused-ring (bicyclic) bond motifs is 1. The molecule has 0 amide bonds. The molecule has 6 heteroatoms. The third-order valence-electron chi connectivity index (χ3n) is 4.65. The van der Waals surface area contributed by atoms with Crippen LogP contribution in [0.2, 0.25) is 5.02 Å². The molecule has 0 unspecified atom stereocenters. The molecule has 4 rings (SSSR count). The van der Waals surface area contributed by atoms with Gasteiger partial charge < -0.3 is 4.74 Å². The van der Waals surface area contributed by atoms with E-state index in [-0.39, 0.29) is 4.90 Å². The highest BCUT2D eigenvalue weighted by Crippen LogP contribution is 2.44. The van der Waals surface area contributed by atoms with E-state index in [1.165, 1.54) is 0 Å². The highest BCUT2D eigenvalue weighted by molar-refractivity contribution is 7.92. The predicted molar refractivity (Wildman–Crippen MR) is 117 cm³/mol. The van der Waals surface area contributed by atoms with Crippen molar-refractivity contribution in [3.63, 3.8) is 0 Å². The molecule has 146 valence electrons. The summed E-state index contributed by atoms with van der Waals surface area (Å²) in [5.74, 6) is 0.559. The number of sulfonamides is 1. The summed E-state index contributed by atoms with van der Waals surface area (Å²) in [4.78, 5) is 0.203. The Kier molecular flexibility index (Phi) is 5.18. The Labute approximate surface area is 175 Å². The van der Waals surface area contributed by atoms with Gasteiger partial charge in [-0.3, -0.25) is 4.72 Å². The molecule has 0 aliphatic heterocycles. The SMILES string of the molecule is COc1ccc(-c2c(NS(=O)(=O)c3ccccc3)cc3cccccc2-3)cc1Cl. The summed E-state index contributed by atoms with van der Waals surface area (Å²) < 4.78 is 33.9. The molecule has 29 heavy (non-hydrogen) atoms. The van der Waals surface area contributed by atoms with E-state index in [1.54, 1.807) is 49.6 Å². The van der Waals surface area contributed by atoms with Gasteiger partial charge >= 0.3 is 0 Å². The molecule has 2 aromatic carbocycles. The molecule has 0 atom stereocenters. The van der Waals surface area contributed by atoms with Gasteiger partial charge in [0.05, 0.1) is 22.7 Å². The van der Waals surface area contributed by atoms with Crippen LogP contribution >= 0.6 is 11.6 Å². The average Bonchev–Trinajstić information content (AvgIpc) is 2.88. The maximum absolute atomic E-state index is 12.9. The molecule has 0 spiro atoms. The maximum Gasteiger partial charge on any atom is 0.261 e. The number of hydrogen-bond donors (Lipinski definition) is 1. The van der Waals surface area contributed by atoms with E-state index < -0.39 is 10.0 Å². The Morgan fingerprint density at radius 3 is 2.21 bits per heavy atom. The molecule has 0 saturated heterocycles. The van der Waals surface area contributed by atoms with Gasteiger partial charge in [-0.2, -0.15) is 0 Å². The first-order chi connectivity index (χ1) is 14.0. The van der Waals surface area contributed by atoms with Gasteiger partial charge in [0, 0.05) is 5.56 Å². The largest absolute Gasteiger partial charge is 0.495 e. The number of anilines is 1. The zero-order chi connectivity index (χ0) is 20.4. The molecular weight excluding hydrogens is 406 g/mol. The van der Waals surface area contributed by atoms with Crippen LogP contribution in [0.1, 0.15) is 0 Å². The second-order valence-electron chi connectivity index (χ2n) is 6.48. The van der Waals surface area contributed by atoms with Crippen LogP contribution in [0.3, 0.4) is 0 Å². The first-order valence-electron chi connectivity index (χ1n) is 8.93. The molecule has 0 heterocycles. The van der Waals surface area contributed by atoms with Crippen LogP contribution in [-0.2, 0) is 10.0 Å². The minimum atomic E-state index is -3.74. The van der Waals surface area contributed by atoms with Gasteiger partial charge in [0.2, 0.25) is 0 Å². The summed E-state index contributed by atoms with van der Waals surface area (Å²) in [5.41, 5.74) is 3.89. The Morgan fingerprint density at radius 2 is 1.52 bits per heavy atom. The Bertz CT molecular complexity index is 1240.